The van der Waals surface area contributed by atoms with Gasteiger partial charge in [0.2, 0.25) is 5.91 Å². The van der Waals surface area contributed by atoms with Crippen LogP contribution in [0.25, 0.3) is 0 Å². The number of carbonyl (C=O) groups excluding carboxylic acids is 2. The lowest BCUT2D eigenvalue weighted by Crippen LogP contribution is -2.50. The van der Waals surface area contributed by atoms with Gasteiger partial charge in [0.1, 0.15) is 11.4 Å². The standard InChI is InChI=1S/C25H36N2O4/c1-18(27-15-7-5-4-6-8-16-27)26(2)23(28)19-11-13-25(14-12-19)22-10-9-20(30-3)17-21(22)24(29)31-25/h9-10,17-19H,4-8,11-16H2,1-3H3/t18?,19-,25-. The van der Waals surface area contributed by atoms with Crippen LogP contribution in [0, 0.1) is 5.92 Å². The summed E-state index contributed by atoms with van der Waals surface area (Å²) in [7, 11) is 3.55. The van der Waals surface area contributed by atoms with Crippen LogP contribution in [0.4, 0.5) is 0 Å². The van der Waals surface area contributed by atoms with Gasteiger partial charge in [-0.1, -0.05) is 25.3 Å². The molecule has 0 radical (unpaired) electrons. The third-order valence-corrected chi connectivity index (χ3v) is 7.70. The Morgan fingerprint density at radius 3 is 2.45 bits per heavy atom. The molecule has 2 aliphatic heterocycles. The third-order valence-electron chi connectivity index (χ3n) is 7.70. The topological polar surface area (TPSA) is 59.1 Å². The Morgan fingerprint density at radius 2 is 1.81 bits per heavy atom. The molecule has 1 amide bonds. The van der Waals surface area contributed by atoms with Crippen molar-refractivity contribution in [2.45, 2.75) is 76.5 Å². The van der Waals surface area contributed by atoms with E-state index in [0.29, 0.717) is 24.2 Å². The highest BCUT2D eigenvalue weighted by atomic mass is 16.6. The molecule has 1 aromatic carbocycles. The molecule has 0 N–H and O–H groups in total. The number of fused-ring (bicyclic) bond motifs is 2. The summed E-state index contributed by atoms with van der Waals surface area (Å²) in [6, 6.07) is 5.61. The summed E-state index contributed by atoms with van der Waals surface area (Å²) in [5.74, 6) is 0.607. The number of esters is 1. The van der Waals surface area contributed by atoms with Gasteiger partial charge in [-0.2, -0.15) is 0 Å². The van der Waals surface area contributed by atoms with Crippen LogP contribution in [-0.2, 0) is 15.1 Å². The zero-order valence-electron chi connectivity index (χ0n) is 19.2. The predicted octanol–water partition coefficient (Wildman–Crippen LogP) is 4.32. The predicted molar refractivity (Wildman–Crippen MR) is 119 cm³/mol. The molecule has 0 aromatic heterocycles. The number of likely N-dealkylation sites (tertiary alicyclic amines) is 1. The number of rotatable bonds is 4. The van der Waals surface area contributed by atoms with Crippen LogP contribution in [0.2, 0.25) is 0 Å². The molecule has 1 unspecified atom stereocenters. The van der Waals surface area contributed by atoms with E-state index >= 15 is 0 Å². The minimum atomic E-state index is -0.581. The SMILES string of the molecule is COc1ccc2c(c1)C(=O)O[C@]21CC[C@H](C(=O)N(C)C(C)N2CCCCCCC2)CC1. The molecule has 2 heterocycles. The van der Waals surface area contributed by atoms with Gasteiger partial charge < -0.3 is 14.4 Å². The molecule has 170 valence electrons. The van der Waals surface area contributed by atoms with Crippen LogP contribution in [0.3, 0.4) is 0 Å². The number of hydrogen-bond acceptors (Lipinski definition) is 5. The summed E-state index contributed by atoms with van der Waals surface area (Å²) in [6.45, 7) is 4.30. The van der Waals surface area contributed by atoms with Crippen LogP contribution in [-0.4, -0.2) is 55.1 Å². The average molecular weight is 429 g/mol. The van der Waals surface area contributed by atoms with Crippen molar-refractivity contribution >= 4 is 11.9 Å². The van der Waals surface area contributed by atoms with Gasteiger partial charge >= 0.3 is 5.97 Å². The van der Waals surface area contributed by atoms with Gasteiger partial charge in [0.25, 0.3) is 0 Å². The van der Waals surface area contributed by atoms with Crippen LogP contribution >= 0.6 is 0 Å². The molecule has 1 aromatic rings. The average Bonchev–Trinajstić information content (AvgIpc) is 3.03. The molecule has 31 heavy (non-hydrogen) atoms. The molecule has 1 saturated heterocycles. The molecular formula is C25H36N2O4. The lowest BCUT2D eigenvalue weighted by molar-refractivity contribution is -0.142. The van der Waals surface area contributed by atoms with Crippen LogP contribution in [0.1, 0.15) is 80.6 Å². The fraction of sp³-hybridized carbons (Fsp3) is 0.680. The van der Waals surface area contributed by atoms with Gasteiger partial charge in [-0.3, -0.25) is 9.69 Å². The van der Waals surface area contributed by atoms with Crippen molar-refractivity contribution in [1.82, 2.24) is 9.80 Å². The summed E-state index contributed by atoms with van der Waals surface area (Å²) in [5.41, 5.74) is 0.974. The van der Waals surface area contributed by atoms with Crippen molar-refractivity contribution in [1.29, 1.82) is 0 Å². The van der Waals surface area contributed by atoms with Crippen LogP contribution in [0.5, 0.6) is 5.75 Å². The highest BCUT2D eigenvalue weighted by Gasteiger charge is 2.49. The first-order chi connectivity index (χ1) is 14.9. The molecule has 1 atom stereocenters. The van der Waals surface area contributed by atoms with Crippen molar-refractivity contribution < 1.29 is 19.1 Å². The Balaban J connectivity index is 1.40. The minimum absolute atomic E-state index is 0.00571. The van der Waals surface area contributed by atoms with Gasteiger partial charge in [0.15, 0.2) is 0 Å². The Morgan fingerprint density at radius 1 is 1.16 bits per heavy atom. The Labute approximate surface area is 185 Å². The van der Waals surface area contributed by atoms with E-state index in [1.54, 1.807) is 13.2 Å². The molecule has 0 bridgehead atoms. The summed E-state index contributed by atoms with van der Waals surface area (Å²) in [4.78, 5) is 30.2. The van der Waals surface area contributed by atoms with E-state index in [1.165, 1.54) is 32.1 Å². The van der Waals surface area contributed by atoms with E-state index in [0.717, 1.165) is 31.5 Å². The number of methoxy groups -OCH3 is 1. The number of benzene rings is 1. The second kappa shape index (κ2) is 9.19. The van der Waals surface area contributed by atoms with E-state index in [9.17, 15) is 9.59 Å². The van der Waals surface area contributed by atoms with Gasteiger partial charge in [-0.05, 0) is 57.6 Å². The first-order valence-corrected chi connectivity index (χ1v) is 11.9. The highest BCUT2D eigenvalue weighted by molar-refractivity contribution is 5.95. The normalized spacial score (nSPS) is 27.7. The summed E-state index contributed by atoms with van der Waals surface area (Å²) >= 11 is 0. The Kier molecular flexibility index (Phi) is 6.56. The quantitative estimate of drug-likeness (QED) is 0.669. The van der Waals surface area contributed by atoms with Gasteiger partial charge in [0.05, 0.1) is 18.8 Å². The highest BCUT2D eigenvalue weighted by Crippen LogP contribution is 2.49. The van der Waals surface area contributed by atoms with E-state index in [1.807, 2.05) is 24.1 Å². The molecule has 1 saturated carbocycles. The minimum Gasteiger partial charge on any atom is -0.497 e. The Bertz CT molecular complexity index is 808. The second-order valence-corrected chi connectivity index (χ2v) is 9.45. The van der Waals surface area contributed by atoms with E-state index in [-0.39, 0.29) is 24.0 Å². The molecule has 2 fully saturated rings. The smallest absolute Gasteiger partial charge is 0.339 e. The fourth-order valence-corrected chi connectivity index (χ4v) is 5.57. The molecule has 4 rings (SSSR count). The van der Waals surface area contributed by atoms with Crippen molar-refractivity contribution in [3.8, 4) is 5.75 Å². The van der Waals surface area contributed by atoms with E-state index in [4.69, 9.17) is 9.47 Å². The maximum atomic E-state index is 13.3. The van der Waals surface area contributed by atoms with Crippen LogP contribution in [0.15, 0.2) is 18.2 Å². The number of carbonyl (C=O) groups is 2. The molecule has 3 aliphatic rings. The van der Waals surface area contributed by atoms with E-state index in [2.05, 4.69) is 11.8 Å². The first-order valence-electron chi connectivity index (χ1n) is 11.9. The van der Waals surface area contributed by atoms with Crippen molar-refractivity contribution in [3.05, 3.63) is 29.3 Å². The summed E-state index contributed by atoms with van der Waals surface area (Å²) in [5, 5.41) is 0. The second-order valence-electron chi connectivity index (χ2n) is 9.45. The van der Waals surface area contributed by atoms with Gasteiger partial charge in [0, 0.05) is 31.6 Å². The fourth-order valence-electron chi connectivity index (χ4n) is 5.57. The molecule has 6 heteroatoms. The first kappa shape index (κ1) is 22.1. The van der Waals surface area contributed by atoms with Crippen molar-refractivity contribution in [2.24, 2.45) is 5.92 Å². The molecule has 1 aliphatic carbocycles. The maximum absolute atomic E-state index is 13.3. The number of nitrogens with zero attached hydrogens (tertiary/aromatic N) is 2. The van der Waals surface area contributed by atoms with Crippen molar-refractivity contribution in [3.63, 3.8) is 0 Å². The molecule has 6 nitrogen and oxygen atoms in total. The monoisotopic (exact) mass is 428 g/mol. The lowest BCUT2D eigenvalue weighted by atomic mass is 9.74. The third kappa shape index (κ3) is 4.32. The summed E-state index contributed by atoms with van der Waals surface area (Å²) in [6.07, 6.45) is 9.35. The zero-order valence-corrected chi connectivity index (χ0v) is 19.2. The number of amides is 1. The zero-order chi connectivity index (χ0) is 22.0. The number of ether oxygens (including phenoxy) is 2. The summed E-state index contributed by atoms with van der Waals surface area (Å²) < 4.78 is 11.2. The Hall–Kier alpha value is -2.08. The molecular weight excluding hydrogens is 392 g/mol. The maximum Gasteiger partial charge on any atom is 0.339 e. The van der Waals surface area contributed by atoms with Gasteiger partial charge in [-0.25, -0.2) is 4.79 Å². The van der Waals surface area contributed by atoms with Crippen LogP contribution < -0.4 is 4.74 Å². The van der Waals surface area contributed by atoms with E-state index < -0.39 is 5.60 Å². The van der Waals surface area contributed by atoms with Gasteiger partial charge in [-0.15, -0.1) is 0 Å². The number of hydrogen-bond donors (Lipinski definition) is 0. The molecule has 1 spiro atoms. The van der Waals surface area contributed by atoms with Crippen molar-refractivity contribution in [2.75, 3.05) is 27.2 Å². The lowest BCUT2D eigenvalue weighted by Gasteiger charge is -2.40. The largest absolute Gasteiger partial charge is 0.497 e.